The van der Waals surface area contributed by atoms with E-state index in [1.807, 2.05) is 0 Å². The molecule has 0 atom stereocenters. The highest BCUT2D eigenvalue weighted by molar-refractivity contribution is 9.10. The average molecular weight is 413 g/mol. The molecule has 1 aromatic carbocycles. The van der Waals surface area contributed by atoms with Gasteiger partial charge in [0.15, 0.2) is 5.65 Å². The number of imidazole rings is 1. The molecule has 1 aliphatic heterocycles. The molecular formula is C21H25BrN4. The number of nitrogens with zero attached hydrogens (tertiary/aromatic N) is 3. The SMILES string of the molecule is CCc1ccc(-c2nc3c(Br)cccn3c2CN2CCCNCC2)cc1. The zero-order valence-corrected chi connectivity index (χ0v) is 16.8. The van der Waals surface area contributed by atoms with Crippen LogP contribution in [0, 0.1) is 0 Å². The Labute approximate surface area is 163 Å². The van der Waals surface area contributed by atoms with Crippen LogP contribution in [0.15, 0.2) is 47.1 Å². The van der Waals surface area contributed by atoms with Gasteiger partial charge in [0.05, 0.1) is 15.9 Å². The Morgan fingerprint density at radius 3 is 2.77 bits per heavy atom. The van der Waals surface area contributed by atoms with Crippen molar-refractivity contribution in [3.05, 3.63) is 58.3 Å². The minimum atomic E-state index is 0.921. The Bertz CT molecular complexity index is 877. The minimum Gasteiger partial charge on any atom is -0.315 e. The first-order valence-corrected chi connectivity index (χ1v) is 10.2. The van der Waals surface area contributed by atoms with Gasteiger partial charge in [0.1, 0.15) is 0 Å². The monoisotopic (exact) mass is 412 g/mol. The highest BCUT2D eigenvalue weighted by atomic mass is 79.9. The third kappa shape index (κ3) is 3.56. The topological polar surface area (TPSA) is 32.6 Å². The number of fused-ring (bicyclic) bond motifs is 1. The summed E-state index contributed by atoms with van der Waals surface area (Å²) in [7, 11) is 0. The summed E-state index contributed by atoms with van der Waals surface area (Å²) in [6, 6.07) is 13.0. The van der Waals surface area contributed by atoms with Gasteiger partial charge in [-0.3, -0.25) is 4.90 Å². The van der Waals surface area contributed by atoms with E-state index in [1.54, 1.807) is 0 Å². The van der Waals surface area contributed by atoms with E-state index in [9.17, 15) is 0 Å². The number of halogens is 1. The van der Waals surface area contributed by atoms with Crippen molar-refractivity contribution in [2.45, 2.75) is 26.3 Å². The zero-order chi connectivity index (χ0) is 17.9. The number of hydrogen-bond acceptors (Lipinski definition) is 3. The molecular weight excluding hydrogens is 388 g/mol. The fourth-order valence-electron chi connectivity index (χ4n) is 3.64. The van der Waals surface area contributed by atoms with Crippen LogP contribution < -0.4 is 5.32 Å². The van der Waals surface area contributed by atoms with Gasteiger partial charge in [-0.05, 0) is 59.6 Å². The first kappa shape index (κ1) is 17.7. The summed E-state index contributed by atoms with van der Waals surface area (Å²) < 4.78 is 3.28. The number of pyridine rings is 1. The number of aromatic nitrogens is 2. The average Bonchev–Trinajstić information content (AvgIpc) is 2.85. The van der Waals surface area contributed by atoms with E-state index in [2.05, 4.69) is 80.1 Å². The number of nitrogens with one attached hydrogen (secondary N) is 1. The summed E-state index contributed by atoms with van der Waals surface area (Å²) in [6.45, 7) is 7.49. The summed E-state index contributed by atoms with van der Waals surface area (Å²) in [6.07, 6.45) is 4.38. The van der Waals surface area contributed by atoms with Gasteiger partial charge in [0, 0.05) is 31.4 Å². The van der Waals surface area contributed by atoms with Crippen molar-refractivity contribution in [3.63, 3.8) is 0 Å². The van der Waals surface area contributed by atoms with E-state index < -0.39 is 0 Å². The molecule has 1 aliphatic rings. The fraction of sp³-hybridized carbons (Fsp3) is 0.381. The lowest BCUT2D eigenvalue weighted by atomic mass is 10.1. The summed E-state index contributed by atoms with van der Waals surface area (Å²) in [5.41, 5.74) is 5.91. The Morgan fingerprint density at radius 1 is 1.12 bits per heavy atom. The molecule has 3 aromatic rings. The van der Waals surface area contributed by atoms with Crippen LogP contribution in [0.1, 0.15) is 24.6 Å². The highest BCUT2D eigenvalue weighted by Crippen LogP contribution is 2.29. The molecule has 136 valence electrons. The first-order chi connectivity index (χ1) is 12.8. The molecule has 1 saturated heterocycles. The summed E-state index contributed by atoms with van der Waals surface area (Å²) >= 11 is 3.67. The molecule has 26 heavy (non-hydrogen) atoms. The molecule has 0 bridgehead atoms. The minimum absolute atomic E-state index is 0.921. The Balaban J connectivity index is 1.78. The quantitative estimate of drug-likeness (QED) is 0.699. The molecule has 0 aliphatic carbocycles. The Kier molecular flexibility index (Phi) is 5.38. The van der Waals surface area contributed by atoms with E-state index in [1.165, 1.54) is 23.2 Å². The van der Waals surface area contributed by atoms with Crippen molar-refractivity contribution in [2.24, 2.45) is 0 Å². The maximum atomic E-state index is 5.00. The zero-order valence-electron chi connectivity index (χ0n) is 15.2. The molecule has 1 N–H and O–H groups in total. The molecule has 4 nitrogen and oxygen atoms in total. The van der Waals surface area contributed by atoms with Gasteiger partial charge in [-0.2, -0.15) is 0 Å². The predicted octanol–water partition coefficient (Wildman–Crippen LogP) is 4.12. The summed E-state index contributed by atoms with van der Waals surface area (Å²) in [5.74, 6) is 0. The van der Waals surface area contributed by atoms with Crippen molar-refractivity contribution >= 4 is 21.6 Å². The van der Waals surface area contributed by atoms with Gasteiger partial charge in [-0.15, -0.1) is 0 Å². The number of rotatable bonds is 4. The van der Waals surface area contributed by atoms with E-state index in [0.29, 0.717) is 0 Å². The number of benzene rings is 1. The summed E-state index contributed by atoms with van der Waals surface area (Å²) in [4.78, 5) is 7.54. The first-order valence-electron chi connectivity index (χ1n) is 9.44. The lowest BCUT2D eigenvalue weighted by Crippen LogP contribution is -2.28. The highest BCUT2D eigenvalue weighted by Gasteiger charge is 2.19. The van der Waals surface area contributed by atoms with Gasteiger partial charge in [-0.25, -0.2) is 4.98 Å². The van der Waals surface area contributed by atoms with Crippen LogP contribution in [0.5, 0.6) is 0 Å². The van der Waals surface area contributed by atoms with Crippen LogP contribution in [0.2, 0.25) is 0 Å². The molecule has 0 amide bonds. The van der Waals surface area contributed by atoms with Gasteiger partial charge in [-0.1, -0.05) is 31.2 Å². The largest absolute Gasteiger partial charge is 0.315 e. The maximum absolute atomic E-state index is 5.00. The molecule has 0 spiro atoms. The van der Waals surface area contributed by atoms with Crippen LogP contribution in [-0.4, -0.2) is 40.5 Å². The molecule has 3 heterocycles. The third-order valence-electron chi connectivity index (χ3n) is 5.14. The van der Waals surface area contributed by atoms with E-state index in [0.717, 1.165) is 55.0 Å². The molecule has 0 saturated carbocycles. The van der Waals surface area contributed by atoms with Crippen LogP contribution >= 0.6 is 15.9 Å². The molecule has 1 fully saturated rings. The van der Waals surface area contributed by atoms with Crippen molar-refractivity contribution in [1.82, 2.24) is 19.6 Å². The Morgan fingerprint density at radius 2 is 1.96 bits per heavy atom. The van der Waals surface area contributed by atoms with Gasteiger partial charge < -0.3 is 9.72 Å². The smallest absolute Gasteiger partial charge is 0.152 e. The second-order valence-electron chi connectivity index (χ2n) is 6.89. The van der Waals surface area contributed by atoms with Crippen LogP contribution in [0.4, 0.5) is 0 Å². The lowest BCUT2D eigenvalue weighted by molar-refractivity contribution is 0.281. The standard InChI is InChI=1S/C21H25BrN4/c1-2-16-6-8-17(9-7-16)20-19(15-25-12-4-10-23-11-14-25)26-13-3-5-18(22)21(26)24-20/h3,5-9,13,23H,2,4,10-12,14-15H2,1H3. The van der Waals surface area contributed by atoms with Crippen molar-refractivity contribution in [1.29, 1.82) is 0 Å². The Hall–Kier alpha value is -1.69. The van der Waals surface area contributed by atoms with E-state index in [-0.39, 0.29) is 0 Å². The molecule has 0 radical (unpaired) electrons. The van der Waals surface area contributed by atoms with Crippen LogP contribution in [-0.2, 0) is 13.0 Å². The second kappa shape index (κ2) is 7.91. The molecule has 0 unspecified atom stereocenters. The lowest BCUT2D eigenvalue weighted by Gasteiger charge is -2.20. The molecule has 4 rings (SSSR count). The van der Waals surface area contributed by atoms with Gasteiger partial charge >= 0.3 is 0 Å². The van der Waals surface area contributed by atoms with Crippen LogP contribution in [0.3, 0.4) is 0 Å². The number of hydrogen-bond donors (Lipinski definition) is 1. The second-order valence-corrected chi connectivity index (χ2v) is 7.74. The molecule has 5 heteroatoms. The van der Waals surface area contributed by atoms with Crippen molar-refractivity contribution < 1.29 is 0 Å². The van der Waals surface area contributed by atoms with E-state index >= 15 is 0 Å². The van der Waals surface area contributed by atoms with Gasteiger partial charge in [0.2, 0.25) is 0 Å². The van der Waals surface area contributed by atoms with Crippen molar-refractivity contribution in [2.75, 3.05) is 26.2 Å². The normalized spacial score (nSPS) is 16.1. The van der Waals surface area contributed by atoms with E-state index in [4.69, 9.17) is 4.98 Å². The third-order valence-corrected chi connectivity index (χ3v) is 5.76. The number of aryl methyl sites for hydroxylation is 1. The van der Waals surface area contributed by atoms with Crippen LogP contribution in [0.25, 0.3) is 16.9 Å². The molecule has 2 aromatic heterocycles. The predicted molar refractivity (Wildman–Crippen MR) is 110 cm³/mol. The summed E-state index contributed by atoms with van der Waals surface area (Å²) in [5, 5.41) is 3.49. The van der Waals surface area contributed by atoms with Gasteiger partial charge in [0.25, 0.3) is 0 Å². The fourth-order valence-corrected chi connectivity index (χ4v) is 4.07. The maximum Gasteiger partial charge on any atom is 0.152 e. The van der Waals surface area contributed by atoms with Crippen molar-refractivity contribution in [3.8, 4) is 11.3 Å².